The number of morpholine rings is 1. The largest absolute Gasteiger partial charge is 0.379 e. The summed E-state index contributed by atoms with van der Waals surface area (Å²) >= 11 is 6.28. The Hall–Kier alpha value is -3.80. The van der Waals surface area contributed by atoms with Crippen LogP contribution in [0.4, 0.5) is 33.2 Å². The van der Waals surface area contributed by atoms with Gasteiger partial charge < -0.3 is 26.0 Å². The SMILES string of the molecule is CNC(=O)c1cccc(F)c1Nc1nc(Nc2ccc3c(c2)NC(=O)C(N2CCOCC2)CC3)ncc1Cl. The monoisotopic (exact) mass is 539 g/mol. The van der Waals surface area contributed by atoms with E-state index in [4.69, 9.17) is 16.3 Å². The number of halogens is 2. The Morgan fingerprint density at radius 3 is 2.82 bits per heavy atom. The lowest BCUT2D eigenvalue weighted by Crippen LogP contribution is -2.48. The summed E-state index contributed by atoms with van der Waals surface area (Å²) in [5.74, 6) is -0.809. The molecule has 0 saturated carbocycles. The number of carbonyl (C=O) groups excluding carboxylic acids is 2. The predicted molar refractivity (Wildman–Crippen MR) is 143 cm³/mol. The number of carbonyl (C=O) groups is 2. The van der Waals surface area contributed by atoms with Gasteiger partial charge in [-0.05, 0) is 42.7 Å². The molecular formula is C26H27ClFN7O3. The van der Waals surface area contributed by atoms with Gasteiger partial charge in [0, 0.05) is 31.5 Å². The van der Waals surface area contributed by atoms with E-state index < -0.39 is 11.7 Å². The number of anilines is 5. The van der Waals surface area contributed by atoms with Crippen LogP contribution in [0.3, 0.4) is 0 Å². The molecule has 5 rings (SSSR count). The molecule has 198 valence electrons. The molecule has 2 aliphatic heterocycles. The summed E-state index contributed by atoms with van der Waals surface area (Å²) < 4.78 is 20.0. The number of hydrogen-bond donors (Lipinski definition) is 4. The Labute approximate surface area is 223 Å². The van der Waals surface area contributed by atoms with Gasteiger partial charge in [-0.25, -0.2) is 9.37 Å². The molecule has 0 spiro atoms. The summed E-state index contributed by atoms with van der Waals surface area (Å²) in [7, 11) is 1.46. The van der Waals surface area contributed by atoms with Crippen LogP contribution in [0.1, 0.15) is 22.3 Å². The maximum atomic E-state index is 14.6. The highest BCUT2D eigenvalue weighted by atomic mass is 35.5. The lowest BCUT2D eigenvalue weighted by molar-refractivity contribution is -0.123. The lowest BCUT2D eigenvalue weighted by Gasteiger charge is -2.32. The Kier molecular flexibility index (Phi) is 7.68. The van der Waals surface area contributed by atoms with Crippen molar-refractivity contribution in [1.82, 2.24) is 20.2 Å². The molecule has 3 aromatic rings. The number of ether oxygens (including phenoxy) is 1. The number of fused-ring (bicyclic) bond motifs is 1. The van der Waals surface area contributed by atoms with Crippen molar-refractivity contribution in [1.29, 1.82) is 0 Å². The second kappa shape index (κ2) is 11.3. The third-order valence-electron chi connectivity index (χ3n) is 6.57. The third kappa shape index (κ3) is 5.54. The zero-order chi connectivity index (χ0) is 26.6. The highest BCUT2D eigenvalue weighted by Gasteiger charge is 2.30. The number of benzene rings is 2. The standard InChI is InChI=1S/C26H27ClFN7O3/c1-29-24(36)17-3-2-4-19(28)22(17)33-23-18(27)14-30-26(34-23)31-16-7-5-15-6-8-21(25(37)32-20(15)13-16)35-9-11-38-12-10-35/h2-5,7,13-14,21H,6,8-12H2,1H3,(H,29,36)(H,32,37)(H2,30,31,33,34). The van der Waals surface area contributed by atoms with Crippen LogP contribution >= 0.6 is 11.6 Å². The molecule has 2 amide bonds. The topological polar surface area (TPSA) is 121 Å². The fraction of sp³-hybridized carbons (Fsp3) is 0.308. The molecule has 3 heterocycles. The minimum Gasteiger partial charge on any atom is -0.379 e. The van der Waals surface area contributed by atoms with Gasteiger partial charge in [0.1, 0.15) is 10.8 Å². The van der Waals surface area contributed by atoms with Crippen LogP contribution in [-0.2, 0) is 16.0 Å². The minimum atomic E-state index is -0.632. The summed E-state index contributed by atoms with van der Waals surface area (Å²) in [5, 5.41) is 11.6. The van der Waals surface area contributed by atoms with E-state index in [0.717, 1.165) is 37.2 Å². The van der Waals surface area contributed by atoms with E-state index in [0.29, 0.717) is 18.9 Å². The molecule has 0 radical (unpaired) electrons. The quantitative estimate of drug-likeness (QED) is 0.374. The Morgan fingerprint density at radius 1 is 1.21 bits per heavy atom. The van der Waals surface area contributed by atoms with Gasteiger partial charge in [-0.1, -0.05) is 23.7 Å². The van der Waals surface area contributed by atoms with Crippen molar-refractivity contribution in [2.24, 2.45) is 0 Å². The van der Waals surface area contributed by atoms with E-state index in [9.17, 15) is 14.0 Å². The van der Waals surface area contributed by atoms with Gasteiger partial charge in [-0.3, -0.25) is 14.5 Å². The minimum absolute atomic E-state index is 0.0335. The number of hydrogen-bond acceptors (Lipinski definition) is 8. The summed E-state index contributed by atoms with van der Waals surface area (Å²) in [5.41, 5.74) is 2.47. The number of nitrogens with zero attached hydrogens (tertiary/aromatic N) is 3. The molecule has 0 aliphatic carbocycles. The van der Waals surface area contributed by atoms with Crippen molar-refractivity contribution >= 4 is 52.2 Å². The Balaban J connectivity index is 1.34. The molecule has 12 heteroatoms. The number of aromatic nitrogens is 2. The summed E-state index contributed by atoms with van der Waals surface area (Å²) in [6.07, 6.45) is 2.87. The summed E-state index contributed by atoms with van der Waals surface area (Å²) in [4.78, 5) is 36.0. The first kappa shape index (κ1) is 25.8. The van der Waals surface area contributed by atoms with Crippen molar-refractivity contribution < 1.29 is 18.7 Å². The van der Waals surface area contributed by atoms with E-state index in [-0.39, 0.29) is 40.0 Å². The van der Waals surface area contributed by atoms with Gasteiger partial charge in [-0.2, -0.15) is 4.98 Å². The molecular weight excluding hydrogens is 513 g/mol. The molecule has 10 nitrogen and oxygen atoms in total. The van der Waals surface area contributed by atoms with Crippen LogP contribution in [0.2, 0.25) is 5.02 Å². The van der Waals surface area contributed by atoms with Crippen molar-refractivity contribution in [3.8, 4) is 0 Å². The lowest BCUT2D eigenvalue weighted by atomic mass is 10.0. The molecule has 38 heavy (non-hydrogen) atoms. The average molecular weight is 540 g/mol. The van der Waals surface area contributed by atoms with Crippen molar-refractivity contribution in [2.45, 2.75) is 18.9 Å². The maximum Gasteiger partial charge on any atom is 0.253 e. The molecule has 1 unspecified atom stereocenters. The first-order valence-corrected chi connectivity index (χ1v) is 12.6. The van der Waals surface area contributed by atoms with Crippen molar-refractivity contribution in [2.75, 3.05) is 49.3 Å². The summed E-state index contributed by atoms with van der Waals surface area (Å²) in [6, 6.07) is 9.65. The predicted octanol–water partition coefficient (Wildman–Crippen LogP) is 3.70. The van der Waals surface area contributed by atoms with Gasteiger partial charge in [0.25, 0.3) is 5.91 Å². The normalized spacial score (nSPS) is 17.7. The Bertz CT molecular complexity index is 1370. The first-order chi connectivity index (χ1) is 18.4. The van der Waals surface area contributed by atoms with E-state index in [1.807, 2.05) is 18.2 Å². The van der Waals surface area contributed by atoms with E-state index >= 15 is 0 Å². The van der Waals surface area contributed by atoms with Gasteiger partial charge in [0.15, 0.2) is 5.82 Å². The molecule has 1 fully saturated rings. The first-order valence-electron chi connectivity index (χ1n) is 12.3. The van der Waals surface area contributed by atoms with Crippen LogP contribution in [0.5, 0.6) is 0 Å². The number of nitrogens with one attached hydrogen (secondary N) is 4. The number of rotatable bonds is 6. The highest BCUT2D eigenvalue weighted by Crippen LogP contribution is 2.31. The zero-order valence-corrected chi connectivity index (χ0v) is 21.4. The Morgan fingerprint density at radius 2 is 2.03 bits per heavy atom. The smallest absolute Gasteiger partial charge is 0.253 e. The molecule has 2 aromatic carbocycles. The van der Waals surface area contributed by atoms with Crippen LogP contribution in [0.25, 0.3) is 0 Å². The second-order valence-corrected chi connectivity index (χ2v) is 9.35. The number of aryl methyl sites for hydroxylation is 1. The molecule has 4 N–H and O–H groups in total. The fourth-order valence-corrected chi connectivity index (χ4v) is 4.74. The van der Waals surface area contributed by atoms with Gasteiger partial charge in [-0.15, -0.1) is 0 Å². The second-order valence-electron chi connectivity index (χ2n) is 8.95. The van der Waals surface area contributed by atoms with Crippen LogP contribution < -0.4 is 21.3 Å². The van der Waals surface area contributed by atoms with Crippen LogP contribution in [-0.4, -0.2) is 66.1 Å². The van der Waals surface area contributed by atoms with Gasteiger partial charge in [0.2, 0.25) is 11.9 Å². The molecule has 1 atom stereocenters. The van der Waals surface area contributed by atoms with Crippen LogP contribution in [0.15, 0.2) is 42.6 Å². The van der Waals surface area contributed by atoms with Crippen molar-refractivity contribution in [3.05, 3.63) is 64.6 Å². The van der Waals surface area contributed by atoms with E-state index in [1.165, 1.54) is 31.4 Å². The van der Waals surface area contributed by atoms with E-state index in [2.05, 4.69) is 36.1 Å². The third-order valence-corrected chi connectivity index (χ3v) is 6.85. The zero-order valence-electron chi connectivity index (χ0n) is 20.7. The maximum absolute atomic E-state index is 14.6. The molecule has 1 aromatic heterocycles. The fourth-order valence-electron chi connectivity index (χ4n) is 4.60. The van der Waals surface area contributed by atoms with Gasteiger partial charge >= 0.3 is 0 Å². The molecule has 1 saturated heterocycles. The number of para-hydroxylation sites is 1. The van der Waals surface area contributed by atoms with Crippen molar-refractivity contribution in [3.63, 3.8) is 0 Å². The molecule has 0 bridgehead atoms. The molecule has 2 aliphatic rings. The van der Waals surface area contributed by atoms with Gasteiger partial charge in [0.05, 0.1) is 36.7 Å². The van der Waals surface area contributed by atoms with Crippen LogP contribution in [0, 0.1) is 5.82 Å². The average Bonchev–Trinajstić information content (AvgIpc) is 3.09. The van der Waals surface area contributed by atoms with E-state index in [1.54, 1.807) is 0 Å². The highest BCUT2D eigenvalue weighted by molar-refractivity contribution is 6.33. The summed E-state index contributed by atoms with van der Waals surface area (Å²) in [6.45, 7) is 2.74. The number of amides is 2.